The zero-order valence-electron chi connectivity index (χ0n) is 9.78. The molecule has 0 spiro atoms. The van der Waals surface area contributed by atoms with E-state index in [1.54, 1.807) is 12.1 Å². The van der Waals surface area contributed by atoms with E-state index in [4.69, 9.17) is 10.6 Å². The second-order valence-electron chi connectivity index (χ2n) is 4.16. The lowest BCUT2D eigenvalue weighted by atomic mass is 9.92. The summed E-state index contributed by atoms with van der Waals surface area (Å²) in [5.74, 6) is 8.39. The number of hydrogen-bond acceptors (Lipinski definition) is 4. The molecule has 3 N–H and O–H groups in total. The van der Waals surface area contributed by atoms with Crippen LogP contribution in [-0.4, -0.2) is 18.6 Å². The van der Waals surface area contributed by atoms with Gasteiger partial charge in [0.1, 0.15) is 11.6 Å². The summed E-state index contributed by atoms with van der Waals surface area (Å²) in [5, 5.41) is 0. The van der Waals surface area contributed by atoms with Crippen LogP contribution < -0.4 is 16.0 Å². The third-order valence-corrected chi connectivity index (χ3v) is 4.35. The second kappa shape index (κ2) is 5.71. The Morgan fingerprint density at radius 2 is 2.41 bits per heavy atom. The highest BCUT2D eigenvalue weighted by atomic mass is 32.2. The lowest BCUT2D eigenvalue weighted by Gasteiger charge is -2.23. The van der Waals surface area contributed by atoms with Crippen molar-refractivity contribution in [2.45, 2.75) is 12.5 Å². The molecule has 0 aliphatic carbocycles. The van der Waals surface area contributed by atoms with E-state index in [-0.39, 0.29) is 11.9 Å². The maximum Gasteiger partial charge on any atom is 0.131 e. The molecule has 3 nitrogen and oxygen atoms in total. The van der Waals surface area contributed by atoms with Gasteiger partial charge < -0.3 is 4.74 Å². The number of nitrogens with two attached hydrogens (primary N) is 1. The average molecular weight is 256 g/mol. The molecule has 2 rings (SSSR count). The summed E-state index contributed by atoms with van der Waals surface area (Å²) in [7, 11) is 1.53. The molecule has 1 aromatic rings. The number of halogens is 1. The van der Waals surface area contributed by atoms with E-state index in [0.29, 0.717) is 17.2 Å². The molecule has 1 heterocycles. The normalized spacial score (nSPS) is 21.5. The van der Waals surface area contributed by atoms with E-state index in [1.165, 1.54) is 13.2 Å². The highest BCUT2D eigenvalue weighted by molar-refractivity contribution is 7.99. The third-order valence-electron chi connectivity index (χ3n) is 3.16. The summed E-state index contributed by atoms with van der Waals surface area (Å²) in [6.45, 7) is 0. The first-order valence-electron chi connectivity index (χ1n) is 5.63. The molecule has 17 heavy (non-hydrogen) atoms. The Morgan fingerprint density at radius 1 is 1.59 bits per heavy atom. The van der Waals surface area contributed by atoms with Gasteiger partial charge in [-0.2, -0.15) is 11.8 Å². The number of hydrazine groups is 1. The van der Waals surface area contributed by atoms with Crippen molar-refractivity contribution < 1.29 is 9.13 Å². The predicted octanol–water partition coefficient (Wildman–Crippen LogP) is 2.09. The number of hydrogen-bond donors (Lipinski definition) is 2. The summed E-state index contributed by atoms with van der Waals surface area (Å²) in [4.78, 5) is 0. The molecular formula is C12H17FN2OS. The first-order chi connectivity index (χ1) is 8.26. The van der Waals surface area contributed by atoms with Gasteiger partial charge in [-0.1, -0.05) is 6.07 Å². The molecule has 2 atom stereocenters. The lowest BCUT2D eigenvalue weighted by Crippen LogP contribution is -2.34. The monoisotopic (exact) mass is 256 g/mol. The first kappa shape index (κ1) is 12.7. The minimum atomic E-state index is -0.260. The number of benzene rings is 1. The fourth-order valence-corrected chi connectivity index (χ4v) is 3.48. The van der Waals surface area contributed by atoms with E-state index >= 15 is 0 Å². The Bertz CT molecular complexity index is 383. The van der Waals surface area contributed by atoms with Gasteiger partial charge in [-0.15, -0.1) is 0 Å². The molecular weight excluding hydrogens is 239 g/mol. The molecule has 1 aliphatic rings. The maximum absolute atomic E-state index is 13.9. The Balaban J connectivity index is 2.23. The van der Waals surface area contributed by atoms with E-state index in [1.807, 2.05) is 11.8 Å². The van der Waals surface area contributed by atoms with Crippen LogP contribution in [0.4, 0.5) is 4.39 Å². The summed E-state index contributed by atoms with van der Waals surface area (Å²) in [5.41, 5.74) is 3.37. The van der Waals surface area contributed by atoms with Crippen molar-refractivity contribution in [1.82, 2.24) is 5.43 Å². The zero-order chi connectivity index (χ0) is 12.3. The smallest absolute Gasteiger partial charge is 0.131 e. The van der Waals surface area contributed by atoms with Crippen LogP contribution in [0.25, 0.3) is 0 Å². The van der Waals surface area contributed by atoms with Crippen LogP contribution in [0.5, 0.6) is 5.75 Å². The Hall–Kier alpha value is -0.780. The summed E-state index contributed by atoms with van der Waals surface area (Å²) in [6, 6.07) is 4.81. The molecule has 0 radical (unpaired) electrons. The van der Waals surface area contributed by atoms with Gasteiger partial charge in [0.25, 0.3) is 0 Å². The fourth-order valence-electron chi connectivity index (χ4n) is 2.18. The van der Waals surface area contributed by atoms with Crippen molar-refractivity contribution in [3.05, 3.63) is 29.6 Å². The quantitative estimate of drug-likeness (QED) is 0.639. The van der Waals surface area contributed by atoms with Gasteiger partial charge in [0.05, 0.1) is 13.2 Å². The van der Waals surface area contributed by atoms with E-state index in [9.17, 15) is 4.39 Å². The van der Waals surface area contributed by atoms with Gasteiger partial charge in [-0.05, 0) is 29.9 Å². The fraction of sp³-hybridized carbons (Fsp3) is 0.500. The molecule has 2 unspecified atom stereocenters. The Kier molecular flexibility index (Phi) is 4.25. The van der Waals surface area contributed by atoms with E-state index in [0.717, 1.165) is 17.9 Å². The van der Waals surface area contributed by atoms with Crippen molar-refractivity contribution in [3.63, 3.8) is 0 Å². The molecule has 1 fully saturated rings. The van der Waals surface area contributed by atoms with Gasteiger partial charge in [0, 0.05) is 11.6 Å². The summed E-state index contributed by atoms with van der Waals surface area (Å²) in [6.07, 6.45) is 1.07. The van der Waals surface area contributed by atoms with E-state index in [2.05, 4.69) is 5.43 Å². The molecule has 0 amide bonds. The van der Waals surface area contributed by atoms with Crippen molar-refractivity contribution in [3.8, 4) is 5.75 Å². The van der Waals surface area contributed by atoms with Crippen LogP contribution in [0.1, 0.15) is 18.0 Å². The topological polar surface area (TPSA) is 47.3 Å². The minimum absolute atomic E-state index is 0.115. The molecule has 1 aliphatic heterocycles. The number of rotatable bonds is 4. The summed E-state index contributed by atoms with van der Waals surface area (Å²) < 4.78 is 18.9. The van der Waals surface area contributed by atoms with Gasteiger partial charge in [0.15, 0.2) is 0 Å². The molecule has 5 heteroatoms. The Labute approximate surface area is 105 Å². The standard InChI is InChI=1S/C12H17FN2OS/c1-16-9-2-3-10(11(13)6-9)12(15-14)8-4-5-17-7-8/h2-3,6,8,12,15H,4-5,7,14H2,1H3. The van der Waals surface area contributed by atoms with Crippen molar-refractivity contribution in [2.75, 3.05) is 18.6 Å². The number of nitrogens with one attached hydrogen (secondary N) is 1. The Morgan fingerprint density at radius 3 is 2.94 bits per heavy atom. The SMILES string of the molecule is COc1ccc(C(NN)C2CCSC2)c(F)c1. The highest BCUT2D eigenvalue weighted by Crippen LogP contribution is 2.35. The van der Waals surface area contributed by atoms with Crippen LogP contribution in [-0.2, 0) is 0 Å². The van der Waals surface area contributed by atoms with Crippen LogP contribution in [0.2, 0.25) is 0 Å². The zero-order valence-corrected chi connectivity index (χ0v) is 10.6. The summed E-state index contributed by atoms with van der Waals surface area (Å²) >= 11 is 1.89. The average Bonchev–Trinajstić information content (AvgIpc) is 2.85. The lowest BCUT2D eigenvalue weighted by molar-refractivity contribution is 0.381. The molecule has 1 aromatic carbocycles. The highest BCUT2D eigenvalue weighted by Gasteiger charge is 2.27. The van der Waals surface area contributed by atoms with Crippen LogP contribution in [0.15, 0.2) is 18.2 Å². The number of ether oxygens (including phenoxy) is 1. The molecule has 94 valence electrons. The number of thioether (sulfide) groups is 1. The third kappa shape index (κ3) is 2.73. The molecule has 0 bridgehead atoms. The van der Waals surface area contributed by atoms with Crippen LogP contribution in [0, 0.1) is 11.7 Å². The molecule has 0 saturated carbocycles. The molecule has 1 saturated heterocycles. The number of methoxy groups -OCH3 is 1. The van der Waals surface area contributed by atoms with Crippen molar-refractivity contribution >= 4 is 11.8 Å². The molecule has 0 aromatic heterocycles. The predicted molar refractivity (Wildman–Crippen MR) is 68.4 cm³/mol. The van der Waals surface area contributed by atoms with Crippen LogP contribution >= 0.6 is 11.8 Å². The first-order valence-corrected chi connectivity index (χ1v) is 6.79. The van der Waals surface area contributed by atoms with Gasteiger partial charge in [-0.3, -0.25) is 11.3 Å². The second-order valence-corrected chi connectivity index (χ2v) is 5.31. The van der Waals surface area contributed by atoms with Gasteiger partial charge >= 0.3 is 0 Å². The minimum Gasteiger partial charge on any atom is -0.497 e. The van der Waals surface area contributed by atoms with E-state index < -0.39 is 0 Å². The van der Waals surface area contributed by atoms with Crippen molar-refractivity contribution in [2.24, 2.45) is 11.8 Å². The maximum atomic E-state index is 13.9. The van der Waals surface area contributed by atoms with Gasteiger partial charge in [0.2, 0.25) is 0 Å². The van der Waals surface area contributed by atoms with Crippen molar-refractivity contribution in [1.29, 1.82) is 0 Å². The van der Waals surface area contributed by atoms with Gasteiger partial charge in [-0.25, -0.2) is 4.39 Å². The largest absolute Gasteiger partial charge is 0.497 e. The van der Waals surface area contributed by atoms with Crippen LogP contribution in [0.3, 0.4) is 0 Å².